The minimum absolute atomic E-state index is 0.0433. The Kier molecular flexibility index (Phi) is 4.80. The Morgan fingerprint density at radius 2 is 1.88 bits per heavy atom. The zero-order valence-electron chi connectivity index (χ0n) is 14.6. The van der Waals surface area contributed by atoms with E-state index in [9.17, 15) is 13.6 Å². The molecule has 2 aliphatic heterocycles. The van der Waals surface area contributed by atoms with E-state index < -0.39 is 11.6 Å². The van der Waals surface area contributed by atoms with Crippen molar-refractivity contribution in [3.05, 3.63) is 57.8 Å². The predicted molar refractivity (Wildman–Crippen MR) is 97.7 cm³/mol. The Bertz CT molecular complexity index is 785. The second kappa shape index (κ2) is 7.08. The summed E-state index contributed by atoms with van der Waals surface area (Å²) in [5.41, 5.74) is 0.686. The Labute approximate surface area is 156 Å². The maximum Gasteiger partial charge on any atom is 0.223 e. The summed E-state index contributed by atoms with van der Waals surface area (Å²) in [6.07, 6.45) is 2.60. The number of thiophene rings is 1. The SMILES string of the molecule is O=C1CC2(CCN(Cc3cccs3)CC2)CN1Cc1ccc(F)c(F)c1. The van der Waals surface area contributed by atoms with Gasteiger partial charge in [-0.05, 0) is 60.5 Å². The van der Waals surface area contributed by atoms with E-state index in [4.69, 9.17) is 0 Å². The zero-order valence-corrected chi connectivity index (χ0v) is 15.4. The van der Waals surface area contributed by atoms with Crippen molar-refractivity contribution < 1.29 is 13.6 Å². The van der Waals surface area contributed by atoms with Crippen LogP contribution in [0.4, 0.5) is 8.78 Å². The standard InChI is InChI=1S/C20H22F2N2OS/c21-17-4-3-15(10-18(17)22)12-24-14-20(11-19(24)25)5-7-23(8-6-20)13-16-2-1-9-26-16/h1-4,9-10H,5-8,11-14H2. The molecule has 26 heavy (non-hydrogen) atoms. The van der Waals surface area contributed by atoms with E-state index >= 15 is 0 Å². The molecule has 0 aliphatic carbocycles. The smallest absolute Gasteiger partial charge is 0.223 e. The summed E-state index contributed by atoms with van der Waals surface area (Å²) in [7, 11) is 0. The van der Waals surface area contributed by atoms with Gasteiger partial charge in [-0.25, -0.2) is 8.78 Å². The summed E-state index contributed by atoms with van der Waals surface area (Å²) in [5.74, 6) is -1.58. The Balaban J connectivity index is 1.36. The molecule has 4 rings (SSSR count). The average Bonchev–Trinajstić information content (AvgIpc) is 3.22. The highest BCUT2D eigenvalue weighted by Crippen LogP contribution is 2.41. The van der Waals surface area contributed by atoms with Crippen LogP contribution in [0.15, 0.2) is 35.7 Å². The summed E-state index contributed by atoms with van der Waals surface area (Å²) in [6.45, 7) is 4.07. The molecular formula is C20H22F2N2OS. The number of rotatable bonds is 4. The third-order valence-electron chi connectivity index (χ3n) is 5.64. The van der Waals surface area contributed by atoms with E-state index in [1.807, 2.05) is 4.90 Å². The van der Waals surface area contributed by atoms with E-state index in [0.29, 0.717) is 18.5 Å². The van der Waals surface area contributed by atoms with Gasteiger partial charge in [-0.3, -0.25) is 9.69 Å². The van der Waals surface area contributed by atoms with Crippen LogP contribution in [0.2, 0.25) is 0 Å². The van der Waals surface area contributed by atoms with Crippen molar-refractivity contribution in [1.82, 2.24) is 9.80 Å². The summed E-state index contributed by atoms with van der Waals surface area (Å²) in [6, 6.07) is 8.12. The first-order valence-corrected chi connectivity index (χ1v) is 9.87. The van der Waals surface area contributed by atoms with Crippen LogP contribution in [-0.2, 0) is 17.9 Å². The van der Waals surface area contributed by atoms with Gasteiger partial charge in [-0.2, -0.15) is 0 Å². The van der Waals surface area contributed by atoms with Crippen molar-refractivity contribution >= 4 is 17.2 Å². The fourth-order valence-corrected chi connectivity index (χ4v) is 4.87. The van der Waals surface area contributed by atoms with Gasteiger partial charge in [-0.15, -0.1) is 11.3 Å². The van der Waals surface area contributed by atoms with Gasteiger partial charge in [0.15, 0.2) is 11.6 Å². The number of carbonyl (C=O) groups is 1. The third kappa shape index (κ3) is 3.67. The van der Waals surface area contributed by atoms with E-state index in [0.717, 1.165) is 45.1 Å². The molecule has 1 aromatic carbocycles. The first kappa shape index (κ1) is 17.6. The topological polar surface area (TPSA) is 23.6 Å². The molecule has 0 atom stereocenters. The zero-order chi connectivity index (χ0) is 18.1. The number of likely N-dealkylation sites (tertiary alicyclic amines) is 2. The Hall–Kier alpha value is -1.79. The van der Waals surface area contributed by atoms with Crippen LogP contribution < -0.4 is 0 Å². The van der Waals surface area contributed by atoms with E-state index in [1.165, 1.54) is 10.9 Å². The van der Waals surface area contributed by atoms with Gasteiger partial charge in [0.2, 0.25) is 5.91 Å². The number of carbonyl (C=O) groups excluding carboxylic acids is 1. The van der Waals surface area contributed by atoms with Crippen LogP contribution >= 0.6 is 11.3 Å². The largest absolute Gasteiger partial charge is 0.338 e. The molecule has 0 bridgehead atoms. The van der Waals surface area contributed by atoms with Crippen molar-refractivity contribution in [3.8, 4) is 0 Å². The average molecular weight is 376 g/mol. The lowest BCUT2D eigenvalue weighted by atomic mass is 9.77. The number of benzene rings is 1. The number of piperidine rings is 1. The molecule has 0 radical (unpaired) electrons. The predicted octanol–water partition coefficient (Wildman–Crippen LogP) is 4.04. The maximum absolute atomic E-state index is 13.4. The fourth-order valence-electron chi connectivity index (χ4n) is 4.13. The molecule has 6 heteroatoms. The summed E-state index contributed by atoms with van der Waals surface area (Å²) < 4.78 is 26.5. The lowest BCUT2D eigenvalue weighted by Crippen LogP contribution is -2.41. The molecule has 3 heterocycles. The van der Waals surface area contributed by atoms with E-state index in [1.54, 1.807) is 17.4 Å². The van der Waals surface area contributed by atoms with E-state index in [2.05, 4.69) is 22.4 Å². The molecule has 0 unspecified atom stereocenters. The second-order valence-corrected chi connectivity index (χ2v) is 8.56. The van der Waals surface area contributed by atoms with Crippen LogP contribution in [0, 0.1) is 17.0 Å². The molecule has 2 saturated heterocycles. The molecule has 1 amide bonds. The molecular weight excluding hydrogens is 354 g/mol. The van der Waals surface area contributed by atoms with E-state index in [-0.39, 0.29) is 11.3 Å². The summed E-state index contributed by atoms with van der Waals surface area (Å²) in [5, 5.41) is 2.10. The first-order chi connectivity index (χ1) is 12.5. The molecule has 0 saturated carbocycles. The molecule has 2 fully saturated rings. The fraction of sp³-hybridized carbons (Fsp3) is 0.450. The van der Waals surface area contributed by atoms with Gasteiger partial charge >= 0.3 is 0 Å². The highest BCUT2D eigenvalue weighted by molar-refractivity contribution is 7.09. The molecule has 2 aromatic rings. The first-order valence-electron chi connectivity index (χ1n) is 8.99. The molecule has 138 valence electrons. The number of hydrogen-bond donors (Lipinski definition) is 0. The van der Waals surface area contributed by atoms with Crippen LogP contribution in [0.3, 0.4) is 0 Å². The highest BCUT2D eigenvalue weighted by atomic mass is 32.1. The van der Waals surface area contributed by atoms with Gasteiger partial charge in [-0.1, -0.05) is 12.1 Å². The van der Waals surface area contributed by atoms with Gasteiger partial charge in [0, 0.05) is 30.9 Å². The molecule has 1 spiro atoms. The number of hydrogen-bond acceptors (Lipinski definition) is 3. The molecule has 3 nitrogen and oxygen atoms in total. The highest BCUT2D eigenvalue weighted by Gasteiger charge is 2.44. The molecule has 0 N–H and O–H groups in total. The number of halogens is 2. The quantitative estimate of drug-likeness (QED) is 0.804. The lowest BCUT2D eigenvalue weighted by Gasteiger charge is -2.38. The normalized spacial score (nSPS) is 20.2. The Morgan fingerprint density at radius 1 is 1.08 bits per heavy atom. The minimum atomic E-state index is -0.856. The van der Waals surface area contributed by atoms with Crippen LogP contribution in [0.5, 0.6) is 0 Å². The monoisotopic (exact) mass is 376 g/mol. The van der Waals surface area contributed by atoms with Crippen molar-refractivity contribution in [2.24, 2.45) is 5.41 Å². The van der Waals surface area contributed by atoms with Crippen molar-refractivity contribution in [2.75, 3.05) is 19.6 Å². The van der Waals surface area contributed by atoms with Gasteiger partial charge in [0.25, 0.3) is 0 Å². The van der Waals surface area contributed by atoms with Crippen molar-refractivity contribution in [1.29, 1.82) is 0 Å². The summed E-state index contributed by atoms with van der Waals surface area (Å²) in [4.78, 5) is 18.1. The number of amides is 1. The minimum Gasteiger partial charge on any atom is -0.338 e. The molecule has 2 aliphatic rings. The van der Waals surface area contributed by atoms with Gasteiger partial charge < -0.3 is 4.90 Å². The maximum atomic E-state index is 13.4. The van der Waals surface area contributed by atoms with Gasteiger partial charge in [0.05, 0.1) is 0 Å². The van der Waals surface area contributed by atoms with Crippen LogP contribution in [-0.4, -0.2) is 35.3 Å². The summed E-state index contributed by atoms with van der Waals surface area (Å²) >= 11 is 1.78. The Morgan fingerprint density at radius 3 is 2.58 bits per heavy atom. The molecule has 1 aromatic heterocycles. The second-order valence-electron chi connectivity index (χ2n) is 7.53. The third-order valence-corrected chi connectivity index (χ3v) is 6.50. The van der Waals surface area contributed by atoms with Gasteiger partial charge in [0.1, 0.15) is 0 Å². The van der Waals surface area contributed by atoms with Crippen LogP contribution in [0.1, 0.15) is 29.7 Å². The lowest BCUT2D eigenvalue weighted by molar-refractivity contribution is -0.128. The van der Waals surface area contributed by atoms with Crippen molar-refractivity contribution in [2.45, 2.75) is 32.4 Å². The number of nitrogens with zero attached hydrogens (tertiary/aromatic N) is 2. The van der Waals surface area contributed by atoms with Crippen molar-refractivity contribution in [3.63, 3.8) is 0 Å². The van der Waals surface area contributed by atoms with Crippen LogP contribution in [0.25, 0.3) is 0 Å².